The lowest BCUT2D eigenvalue weighted by molar-refractivity contribution is -0.0270. The van der Waals surface area contributed by atoms with Gasteiger partial charge in [0.2, 0.25) is 10.0 Å². The van der Waals surface area contributed by atoms with Crippen LogP contribution in [-0.4, -0.2) is 25.7 Å². The molecular weight excluding hydrogens is 325 g/mol. The molecule has 1 aliphatic rings. The van der Waals surface area contributed by atoms with Gasteiger partial charge in [-0.1, -0.05) is 0 Å². The number of sulfonamides is 1. The Kier molecular flexibility index (Phi) is 3.77. The summed E-state index contributed by atoms with van der Waals surface area (Å²) in [5, 5.41) is 9.83. The maximum Gasteiger partial charge on any atom is 0.241 e. The van der Waals surface area contributed by atoms with Gasteiger partial charge in [0.05, 0.1) is 10.5 Å². The van der Waals surface area contributed by atoms with E-state index in [2.05, 4.69) is 20.7 Å². The van der Waals surface area contributed by atoms with E-state index in [0.717, 1.165) is 18.6 Å². The van der Waals surface area contributed by atoms with Gasteiger partial charge in [-0.2, -0.15) is 0 Å². The van der Waals surface area contributed by atoms with Crippen molar-refractivity contribution in [2.45, 2.75) is 29.8 Å². The first kappa shape index (κ1) is 13.9. The molecule has 1 aromatic rings. The second-order valence-corrected chi connectivity index (χ2v) is 7.07. The van der Waals surface area contributed by atoms with Gasteiger partial charge in [0, 0.05) is 11.0 Å². The van der Waals surface area contributed by atoms with E-state index in [1.54, 1.807) is 0 Å². The molecule has 2 rings (SSSR count). The maximum atomic E-state index is 12.9. The summed E-state index contributed by atoms with van der Waals surface area (Å²) < 4.78 is 39.4. The van der Waals surface area contributed by atoms with Crippen molar-refractivity contribution in [2.75, 3.05) is 6.54 Å². The Morgan fingerprint density at radius 1 is 1.44 bits per heavy atom. The zero-order valence-corrected chi connectivity index (χ0v) is 11.9. The Hall–Kier alpha value is -0.500. The summed E-state index contributed by atoms with van der Waals surface area (Å²) in [5.74, 6) is -0.515. The number of rotatable bonds is 4. The Labute approximate surface area is 113 Å². The molecule has 1 aromatic carbocycles. The van der Waals surface area contributed by atoms with Gasteiger partial charge in [0.15, 0.2) is 0 Å². The molecule has 0 atom stereocenters. The SMILES string of the molecule is O=S(=O)(NCC1(O)CCC1)c1ccc(F)cc1Br. The predicted molar refractivity (Wildman–Crippen MR) is 68.1 cm³/mol. The molecule has 0 spiro atoms. The van der Waals surface area contributed by atoms with Crippen molar-refractivity contribution < 1.29 is 17.9 Å². The van der Waals surface area contributed by atoms with Crippen LogP contribution in [0.1, 0.15) is 19.3 Å². The van der Waals surface area contributed by atoms with Gasteiger partial charge in [0.25, 0.3) is 0 Å². The molecule has 18 heavy (non-hydrogen) atoms. The van der Waals surface area contributed by atoms with Gasteiger partial charge in [-0.3, -0.25) is 0 Å². The minimum Gasteiger partial charge on any atom is -0.389 e. The van der Waals surface area contributed by atoms with Gasteiger partial charge in [-0.15, -0.1) is 0 Å². The summed E-state index contributed by atoms with van der Waals surface area (Å²) >= 11 is 3.01. The average Bonchev–Trinajstić information content (AvgIpc) is 2.23. The lowest BCUT2D eigenvalue weighted by atomic mass is 9.81. The molecule has 100 valence electrons. The van der Waals surface area contributed by atoms with E-state index in [1.807, 2.05) is 0 Å². The molecule has 0 radical (unpaired) electrons. The second kappa shape index (κ2) is 4.88. The first-order valence-electron chi connectivity index (χ1n) is 5.50. The number of hydrogen-bond donors (Lipinski definition) is 2. The number of aliphatic hydroxyl groups is 1. The van der Waals surface area contributed by atoms with Crippen LogP contribution in [0.25, 0.3) is 0 Å². The fourth-order valence-electron chi connectivity index (χ4n) is 1.76. The molecule has 0 amide bonds. The lowest BCUT2D eigenvalue weighted by Crippen LogP contribution is -2.47. The van der Waals surface area contributed by atoms with E-state index >= 15 is 0 Å². The summed E-state index contributed by atoms with van der Waals surface area (Å²) in [6.45, 7) is -0.0147. The predicted octanol–water partition coefficient (Wildman–Crippen LogP) is 1.78. The molecule has 0 saturated heterocycles. The van der Waals surface area contributed by atoms with Gasteiger partial charge in [-0.25, -0.2) is 17.5 Å². The van der Waals surface area contributed by atoms with Crippen molar-refractivity contribution in [2.24, 2.45) is 0 Å². The molecule has 1 aliphatic carbocycles. The maximum absolute atomic E-state index is 12.9. The largest absolute Gasteiger partial charge is 0.389 e. The molecule has 0 heterocycles. The van der Waals surface area contributed by atoms with Crippen LogP contribution < -0.4 is 4.72 Å². The Bertz CT molecular complexity index is 557. The standard InChI is InChI=1S/C11H13BrFNO3S/c12-9-6-8(13)2-3-10(9)18(16,17)14-7-11(15)4-1-5-11/h2-3,6,14-15H,1,4-5,7H2. The van der Waals surface area contributed by atoms with Crippen molar-refractivity contribution in [3.63, 3.8) is 0 Å². The monoisotopic (exact) mass is 337 g/mol. The summed E-state index contributed by atoms with van der Waals surface area (Å²) in [5.41, 5.74) is -0.931. The fraction of sp³-hybridized carbons (Fsp3) is 0.455. The minimum absolute atomic E-state index is 0.0147. The third-order valence-corrected chi connectivity index (χ3v) is 5.44. The number of halogens is 2. The van der Waals surface area contributed by atoms with Crippen molar-refractivity contribution >= 4 is 26.0 Å². The quantitative estimate of drug-likeness (QED) is 0.880. The summed E-state index contributed by atoms with van der Waals surface area (Å²) in [7, 11) is -3.74. The second-order valence-electron chi connectivity index (χ2n) is 4.48. The van der Waals surface area contributed by atoms with Crippen molar-refractivity contribution in [1.29, 1.82) is 0 Å². The fourth-order valence-corrected chi connectivity index (χ4v) is 3.93. The van der Waals surface area contributed by atoms with E-state index in [0.29, 0.717) is 12.8 Å². The van der Waals surface area contributed by atoms with E-state index in [9.17, 15) is 17.9 Å². The highest BCUT2D eigenvalue weighted by Gasteiger charge is 2.35. The molecule has 0 bridgehead atoms. The van der Waals surface area contributed by atoms with E-state index in [1.165, 1.54) is 6.07 Å². The zero-order valence-electron chi connectivity index (χ0n) is 9.49. The first-order chi connectivity index (χ1) is 8.32. The summed E-state index contributed by atoms with van der Waals surface area (Å²) in [4.78, 5) is -0.0353. The number of nitrogens with one attached hydrogen (secondary N) is 1. The van der Waals surface area contributed by atoms with Crippen LogP contribution in [0.15, 0.2) is 27.6 Å². The van der Waals surface area contributed by atoms with E-state index < -0.39 is 21.4 Å². The third-order valence-electron chi connectivity index (χ3n) is 3.06. The molecule has 7 heteroatoms. The highest BCUT2D eigenvalue weighted by atomic mass is 79.9. The average molecular weight is 338 g/mol. The highest BCUT2D eigenvalue weighted by molar-refractivity contribution is 9.10. The lowest BCUT2D eigenvalue weighted by Gasteiger charge is -2.36. The molecule has 0 aliphatic heterocycles. The van der Waals surface area contributed by atoms with Gasteiger partial charge in [-0.05, 0) is 53.4 Å². The Morgan fingerprint density at radius 2 is 2.11 bits per heavy atom. The van der Waals surface area contributed by atoms with Crippen molar-refractivity contribution in [1.82, 2.24) is 4.72 Å². The van der Waals surface area contributed by atoms with Crippen LogP contribution in [0.3, 0.4) is 0 Å². The smallest absolute Gasteiger partial charge is 0.241 e. The van der Waals surface area contributed by atoms with E-state index in [-0.39, 0.29) is 15.9 Å². The van der Waals surface area contributed by atoms with Crippen LogP contribution in [0.2, 0.25) is 0 Å². The molecule has 4 nitrogen and oxygen atoms in total. The molecular formula is C11H13BrFNO3S. The summed E-state index contributed by atoms with van der Waals surface area (Å²) in [6, 6.07) is 3.36. The van der Waals surface area contributed by atoms with Gasteiger partial charge < -0.3 is 5.11 Å². The molecule has 1 fully saturated rings. The van der Waals surface area contributed by atoms with Crippen LogP contribution in [0.4, 0.5) is 4.39 Å². The third kappa shape index (κ3) is 2.90. The van der Waals surface area contributed by atoms with E-state index in [4.69, 9.17) is 0 Å². The Balaban J connectivity index is 2.15. The van der Waals surface area contributed by atoms with Crippen LogP contribution >= 0.6 is 15.9 Å². The molecule has 2 N–H and O–H groups in total. The molecule has 1 saturated carbocycles. The Morgan fingerprint density at radius 3 is 2.61 bits per heavy atom. The number of benzene rings is 1. The normalized spacial score (nSPS) is 18.4. The minimum atomic E-state index is -3.74. The molecule has 0 unspecified atom stereocenters. The van der Waals surface area contributed by atoms with Gasteiger partial charge in [0.1, 0.15) is 5.82 Å². The van der Waals surface area contributed by atoms with Crippen molar-refractivity contribution in [3.05, 3.63) is 28.5 Å². The first-order valence-corrected chi connectivity index (χ1v) is 7.77. The topological polar surface area (TPSA) is 66.4 Å². The van der Waals surface area contributed by atoms with Crippen molar-refractivity contribution in [3.8, 4) is 0 Å². The van der Waals surface area contributed by atoms with Crippen LogP contribution in [0.5, 0.6) is 0 Å². The number of hydrogen-bond acceptors (Lipinski definition) is 3. The summed E-state index contributed by atoms with van der Waals surface area (Å²) in [6.07, 6.45) is 2.10. The van der Waals surface area contributed by atoms with Crippen LogP contribution in [-0.2, 0) is 10.0 Å². The molecule has 0 aromatic heterocycles. The van der Waals surface area contributed by atoms with Gasteiger partial charge >= 0.3 is 0 Å². The van der Waals surface area contributed by atoms with Crippen LogP contribution in [0, 0.1) is 5.82 Å². The highest BCUT2D eigenvalue weighted by Crippen LogP contribution is 2.31. The zero-order chi connectivity index (χ0) is 13.4.